The molecule has 2 saturated heterocycles. The number of hydrogen-bond acceptors (Lipinski definition) is 4. The molecule has 0 N–H and O–H groups in total. The fraction of sp³-hybridized carbons (Fsp3) is 0.304. The third-order valence-corrected chi connectivity index (χ3v) is 6.72. The molecule has 0 bridgehead atoms. The second kappa shape index (κ2) is 7.61. The van der Waals surface area contributed by atoms with Crippen molar-refractivity contribution in [3.63, 3.8) is 0 Å². The molecule has 2 aliphatic heterocycles. The van der Waals surface area contributed by atoms with Gasteiger partial charge in [-0.2, -0.15) is 0 Å². The van der Waals surface area contributed by atoms with Gasteiger partial charge in [0.1, 0.15) is 12.6 Å². The number of hydrogen-bond donors (Lipinski definition) is 0. The first-order valence-electron chi connectivity index (χ1n) is 9.98. The summed E-state index contributed by atoms with van der Waals surface area (Å²) < 4.78 is 0. The fourth-order valence-electron chi connectivity index (χ4n) is 4.36. The number of rotatable bonds is 4. The van der Waals surface area contributed by atoms with Crippen LogP contribution < -0.4 is 0 Å². The maximum atomic E-state index is 13.1. The molecule has 0 radical (unpaired) electrons. The summed E-state index contributed by atoms with van der Waals surface area (Å²) in [5, 5.41) is 4.47. The van der Waals surface area contributed by atoms with Gasteiger partial charge in [0.25, 0.3) is 0 Å². The largest absolute Gasteiger partial charge is 0.327 e. The Labute approximate surface area is 174 Å². The Bertz CT molecular complexity index is 1050. The molecule has 0 saturated carbocycles. The van der Waals surface area contributed by atoms with E-state index in [1.807, 2.05) is 17.5 Å². The molecule has 2 aromatic carbocycles. The van der Waals surface area contributed by atoms with Gasteiger partial charge in [0.2, 0.25) is 11.8 Å². The number of carbonyl (C=O) groups is 2. The van der Waals surface area contributed by atoms with Gasteiger partial charge in [0, 0.05) is 31.1 Å². The lowest BCUT2D eigenvalue weighted by atomic mass is 10.0. The van der Waals surface area contributed by atoms with E-state index in [0.717, 1.165) is 18.0 Å². The maximum Gasteiger partial charge on any atom is 0.247 e. The van der Waals surface area contributed by atoms with Gasteiger partial charge in [0.05, 0.1) is 6.54 Å². The Morgan fingerprint density at radius 3 is 2.62 bits per heavy atom. The summed E-state index contributed by atoms with van der Waals surface area (Å²) in [5.41, 5.74) is 1.24. The van der Waals surface area contributed by atoms with Crippen LogP contribution in [0.25, 0.3) is 10.8 Å². The Morgan fingerprint density at radius 2 is 1.79 bits per heavy atom. The monoisotopic (exact) mass is 405 g/mol. The Kier molecular flexibility index (Phi) is 4.81. The molecule has 1 aromatic heterocycles. The molecule has 0 spiro atoms. The highest BCUT2D eigenvalue weighted by Crippen LogP contribution is 2.23. The van der Waals surface area contributed by atoms with Crippen LogP contribution in [0.4, 0.5) is 0 Å². The van der Waals surface area contributed by atoms with E-state index < -0.39 is 0 Å². The van der Waals surface area contributed by atoms with Crippen molar-refractivity contribution in [3.8, 4) is 0 Å². The third kappa shape index (κ3) is 3.66. The summed E-state index contributed by atoms with van der Waals surface area (Å²) in [6.45, 7) is 3.53. The van der Waals surface area contributed by atoms with E-state index in [4.69, 9.17) is 0 Å². The Balaban J connectivity index is 1.30. The highest BCUT2D eigenvalue weighted by Gasteiger charge is 2.42. The van der Waals surface area contributed by atoms with Crippen LogP contribution in [-0.2, 0) is 22.7 Å². The number of carbonyl (C=O) groups excluding carboxylic acids is 2. The van der Waals surface area contributed by atoms with Gasteiger partial charge in [-0.05, 0) is 33.8 Å². The normalized spacial score (nSPS) is 20.3. The second-order valence-corrected chi connectivity index (χ2v) is 8.83. The maximum absolute atomic E-state index is 13.1. The second-order valence-electron chi connectivity index (χ2n) is 7.79. The minimum absolute atomic E-state index is 0.0662. The zero-order valence-corrected chi connectivity index (χ0v) is 17.0. The molecule has 6 heteroatoms. The minimum atomic E-state index is -0.370. The average molecular weight is 406 g/mol. The zero-order valence-electron chi connectivity index (χ0n) is 16.2. The van der Waals surface area contributed by atoms with E-state index in [1.54, 1.807) is 21.1 Å². The summed E-state index contributed by atoms with van der Waals surface area (Å²) in [6, 6.07) is 18.5. The third-order valence-electron chi connectivity index (χ3n) is 5.85. The summed E-state index contributed by atoms with van der Waals surface area (Å²) in [5.74, 6) is 0.137. The van der Waals surface area contributed by atoms with Crippen LogP contribution in [0.15, 0.2) is 60.0 Å². The van der Waals surface area contributed by atoms with Gasteiger partial charge < -0.3 is 9.80 Å². The quantitative estimate of drug-likeness (QED) is 0.670. The van der Waals surface area contributed by atoms with Crippen LogP contribution in [0.3, 0.4) is 0 Å². The van der Waals surface area contributed by atoms with Gasteiger partial charge in [0.15, 0.2) is 0 Å². The molecule has 2 amide bonds. The predicted octanol–water partition coefficient (Wildman–Crippen LogP) is 2.96. The lowest BCUT2D eigenvalue weighted by molar-refractivity contribution is -0.160. The van der Waals surface area contributed by atoms with E-state index >= 15 is 0 Å². The molecule has 1 unspecified atom stereocenters. The molecule has 29 heavy (non-hydrogen) atoms. The van der Waals surface area contributed by atoms with Crippen molar-refractivity contribution in [2.24, 2.45) is 0 Å². The topological polar surface area (TPSA) is 43.9 Å². The summed E-state index contributed by atoms with van der Waals surface area (Å²) in [4.78, 5) is 32.7. The number of piperazine rings is 2. The molecule has 1 atom stereocenters. The van der Waals surface area contributed by atoms with Crippen molar-refractivity contribution in [1.29, 1.82) is 0 Å². The van der Waals surface area contributed by atoms with Gasteiger partial charge >= 0.3 is 0 Å². The lowest BCUT2D eigenvalue weighted by Gasteiger charge is -2.46. The first kappa shape index (κ1) is 18.3. The van der Waals surface area contributed by atoms with Crippen LogP contribution in [0.5, 0.6) is 0 Å². The highest BCUT2D eigenvalue weighted by molar-refractivity contribution is 7.09. The van der Waals surface area contributed by atoms with Crippen molar-refractivity contribution < 1.29 is 9.59 Å². The van der Waals surface area contributed by atoms with Gasteiger partial charge in [-0.3, -0.25) is 14.5 Å². The molecule has 2 fully saturated rings. The molecular formula is C23H23N3O2S. The van der Waals surface area contributed by atoms with Crippen molar-refractivity contribution in [3.05, 3.63) is 70.4 Å². The van der Waals surface area contributed by atoms with Crippen LogP contribution in [-0.4, -0.2) is 58.7 Å². The SMILES string of the molecule is O=C1C2CN(Cc3ccc4ccccc4c3)CCN2C(=O)CN1Cc1cccs1. The number of thiophene rings is 1. The zero-order chi connectivity index (χ0) is 19.8. The molecule has 0 aliphatic carbocycles. The van der Waals surface area contributed by atoms with Crippen LogP contribution in [0.1, 0.15) is 10.4 Å². The van der Waals surface area contributed by atoms with E-state index in [9.17, 15) is 9.59 Å². The molecule has 148 valence electrons. The molecule has 5 nitrogen and oxygen atoms in total. The van der Waals surface area contributed by atoms with Crippen molar-refractivity contribution in [2.45, 2.75) is 19.1 Å². The first-order chi connectivity index (χ1) is 14.2. The number of nitrogens with zero attached hydrogens (tertiary/aromatic N) is 3. The number of amides is 2. The predicted molar refractivity (Wildman–Crippen MR) is 114 cm³/mol. The van der Waals surface area contributed by atoms with Gasteiger partial charge in [-0.25, -0.2) is 0 Å². The lowest BCUT2D eigenvalue weighted by Crippen LogP contribution is -2.66. The summed E-state index contributed by atoms with van der Waals surface area (Å²) in [6.07, 6.45) is 0. The van der Waals surface area contributed by atoms with E-state index in [1.165, 1.54) is 16.3 Å². The standard InChI is InChI=1S/C23H23N3O2S/c27-22-16-25(14-20-6-3-11-29-20)23(28)21-15-24(9-10-26(21)22)13-17-7-8-18-4-1-2-5-19(18)12-17/h1-8,11-12,21H,9-10,13-16H2. The van der Waals surface area contributed by atoms with E-state index in [-0.39, 0.29) is 24.4 Å². The molecular weight excluding hydrogens is 382 g/mol. The van der Waals surface area contributed by atoms with Gasteiger partial charge in [-0.1, -0.05) is 42.5 Å². The summed E-state index contributed by atoms with van der Waals surface area (Å²) in [7, 11) is 0. The molecule has 3 aromatic rings. The molecule has 3 heterocycles. The number of benzene rings is 2. The van der Waals surface area contributed by atoms with Gasteiger partial charge in [-0.15, -0.1) is 11.3 Å². The van der Waals surface area contributed by atoms with Crippen LogP contribution >= 0.6 is 11.3 Å². The van der Waals surface area contributed by atoms with Crippen LogP contribution in [0, 0.1) is 0 Å². The highest BCUT2D eigenvalue weighted by atomic mass is 32.1. The van der Waals surface area contributed by atoms with Crippen LogP contribution in [0.2, 0.25) is 0 Å². The summed E-state index contributed by atoms with van der Waals surface area (Å²) >= 11 is 1.62. The minimum Gasteiger partial charge on any atom is -0.327 e. The smallest absolute Gasteiger partial charge is 0.247 e. The average Bonchev–Trinajstić information content (AvgIpc) is 3.25. The van der Waals surface area contributed by atoms with E-state index in [0.29, 0.717) is 19.6 Å². The molecule has 2 aliphatic rings. The first-order valence-corrected chi connectivity index (χ1v) is 10.9. The van der Waals surface area contributed by atoms with E-state index in [2.05, 4.69) is 47.4 Å². The van der Waals surface area contributed by atoms with Crippen molar-refractivity contribution in [1.82, 2.24) is 14.7 Å². The Morgan fingerprint density at radius 1 is 0.931 bits per heavy atom. The fourth-order valence-corrected chi connectivity index (χ4v) is 5.07. The number of fused-ring (bicyclic) bond motifs is 2. The van der Waals surface area contributed by atoms with Crippen molar-refractivity contribution >= 4 is 33.9 Å². The van der Waals surface area contributed by atoms with Crippen molar-refractivity contribution in [2.75, 3.05) is 26.2 Å². The Hall–Kier alpha value is -2.70. The molecule has 5 rings (SSSR count).